The molecule has 0 aliphatic heterocycles. The third kappa shape index (κ3) is 3.14. The van der Waals surface area contributed by atoms with Gasteiger partial charge < -0.3 is 10.6 Å². The maximum absolute atomic E-state index is 11.9. The highest BCUT2D eigenvalue weighted by Crippen LogP contribution is 2.24. The molecule has 4 heteroatoms. The first-order valence-electron chi connectivity index (χ1n) is 6.82. The Balaban J connectivity index is 1.55. The quantitative estimate of drug-likeness (QED) is 0.897. The van der Waals surface area contributed by atoms with Gasteiger partial charge in [0, 0.05) is 16.4 Å². The van der Waals surface area contributed by atoms with E-state index < -0.39 is 0 Å². The summed E-state index contributed by atoms with van der Waals surface area (Å²) in [6.45, 7) is 0.409. The van der Waals surface area contributed by atoms with Crippen LogP contribution in [0.1, 0.15) is 25.7 Å². The molecular formula is C15H18N2OS. The summed E-state index contributed by atoms with van der Waals surface area (Å²) in [5.74, 6) is 0.0430. The van der Waals surface area contributed by atoms with Crippen molar-refractivity contribution in [3.05, 3.63) is 29.6 Å². The molecule has 2 N–H and O–H groups in total. The van der Waals surface area contributed by atoms with E-state index in [0.29, 0.717) is 12.6 Å². The molecule has 1 saturated carbocycles. The number of hydrogen-bond acceptors (Lipinski definition) is 3. The van der Waals surface area contributed by atoms with Gasteiger partial charge in [-0.15, -0.1) is 11.3 Å². The Morgan fingerprint density at radius 1 is 1.26 bits per heavy atom. The van der Waals surface area contributed by atoms with Crippen molar-refractivity contribution in [2.75, 3.05) is 11.9 Å². The summed E-state index contributed by atoms with van der Waals surface area (Å²) in [7, 11) is 0. The van der Waals surface area contributed by atoms with Gasteiger partial charge in [0.1, 0.15) is 0 Å². The lowest BCUT2D eigenvalue weighted by Gasteiger charge is -2.11. The predicted octanol–water partition coefficient (Wildman–Crippen LogP) is 3.37. The van der Waals surface area contributed by atoms with E-state index in [1.165, 1.54) is 35.8 Å². The zero-order chi connectivity index (χ0) is 13.1. The zero-order valence-corrected chi connectivity index (χ0v) is 11.6. The number of nitrogens with one attached hydrogen (secondary N) is 2. The van der Waals surface area contributed by atoms with Gasteiger partial charge in [0.2, 0.25) is 5.91 Å². The van der Waals surface area contributed by atoms with Crippen molar-refractivity contribution < 1.29 is 4.79 Å². The molecule has 1 heterocycles. The van der Waals surface area contributed by atoms with E-state index in [1.807, 2.05) is 12.1 Å². The number of benzene rings is 1. The molecular weight excluding hydrogens is 256 g/mol. The number of hydrogen-bond donors (Lipinski definition) is 2. The second-order valence-electron chi connectivity index (χ2n) is 5.08. The summed E-state index contributed by atoms with van der Waals surface area (Å²) in [6, 6.07) is 8.66. The van der Waals surface area contributed by atoms with Gasteiger partial charge >= 0.3 is 0 Å². The minimum absolute atomic E-state index is 0.0430. The fourth-order valence-corrected chi connectivity index (χ4v) is 3.39. The van der Waals surface area contributed by atoms with Crippen molar-refractivity contribution in [2.45, 2.75) is 31.7 Å². The molecule has 1 amide bonds. The van der Waals surface area contributed by atoms with Crippen LogP contribution >= 0.6 is 11.3 Å². The van der Waals surface area contributed by atoms with E-state index in [1.54, 1.807) is 11.3 Å². The number of amides is 1. The average Bonchev–Trinajstić information content (AvgIpc) is 3.07. The van der Waals surface area contributed by atoms with E-state index in [9.17, 15) is 4.79 Å². The summed E-state index contributed by atoms with van der Waals surface area (Å²) in [5, 5.41) is 9.53. The molecule has 1 aromatic heterocycles. The van der Waals surface area contributed by atoms with Crippen LogP contribution in [0.15, 0.2) is 29.6 Å². The summed E-state index contributed by atoms with van der Waals surface area (Å²) in [4.78, 5) is 11.9. The first-order chi connectivity index (χ1) is 9.31. The zero-order valence-electron chi connectivity index (χ0n) is 10.8. The smallest absolute Gasteiger partial charge is 0.238 e. The van der Waals surface area contributed by atoms with Crippen LogP contribution in [0.2, 0.25) is 0 Å². The van der Waals surface area contributed by atoms with Gasteiger partial charge in [0.05, 0.1) is 6.54 Å². The molecule has 100 valence electrons. The number of carbonyl (C=O) groups is 1. The van der Waals surface area contributed by atoms with Crippen molar-refractivity contribution >= 4 is 33.0 Å². The second kappa shape index (κ2) is 5.72. The first kappa shape index (κ1) is 12.6. The molecule has 0 bridgehead atoms. The second-order valence-corrected chi connectivity index (χ2v) is 6.03. The number of anilines is 1. The molecule has 19 heavy (non-hydrogen) atoms. The number of fused-ring (bicyclic) bond motifs is 1. The van der Waals surface area contributed by atoms with Crippen LogP contribution < -0.4 is 10.6 Å². The van der Waals surface area contributed by atoms with Gasteiger partial charge in [0.25, 0.3) is 0 Å². The maximum Gasteiger partial charge on any atom is 0.238 e. The Morgan fingerprint density at radius 3 is 2.95 bits per heavy atom. The van der Waals surface area contributed by atoms with Crippen molar-refractivity contribution in [3.8, 4) is 0 Å². The third-order valence-corrected chi connectivity index (χ3v) is 4.54. The lowest BCUT2D eigenvalue weighted by atomic mass is 10.2. The van der Waals surface area contributed by atoms with Crippen LogP contribution in [-0.2, 0) is 4.79 Å². The van der Waals surface area contributed by atoms with Crippen LogP contribution in [0.3, 0.4) is 0 Å². The monoisotopic (exact) mass is 274 g/mol. The van der Waals surface area contributed by atoms with Crippen molar-refractivity contribution in [1.82, 2.24) is 5.32 Å². The molecule has 0 unspecified atom stereocenters. The molecule has 3 nitrogen and oxygen atoms in total. The fourth-order valence-electron chi connectivity index (χ4n) is 2.62. The molecule has 2 aromatic rings. The Labute approximate surface area is 117 Å². The Bertz CT molecular complexity index is 572. The highest BCUT2D eigenvalue weighted by atomic mass is 32.1. The topological polar surface area (TPSA) is 41.1 Å². The Morgan fingerprint density at radius 2 is 2.11 bits per heavy atom. The number of rotatable bonds is 4. The van der Waals surface area contributed by atoms with Crippen LogP contribution in [0.25, 0.3) is 10.1 Å². The fraction of sp³-hybridized carbons (Fsp3) is 0.400. The normalized spacial score (nSPS) is 16.0. The molecule has 0 saturated heterocycles. The molecule has 1 aliphatic rings. The first-order valence-corrected chi connectivity index (χ1v) is 7.70. The molecule has 0 atom stereocenters. The Kier molecular flexibility index (Phi) is 3.80. The summed E-state index contributed by atoms with van der Waals surface area (Å²) < 4.78 is 1.25. The molecule has 0 spiro atoms. The predicted molar refractivity (Wildman–Crippen MR) is 80.7 cm³/mol. The molecule has 0 radical (unpaired) electrons. The molecule has 1 aliphatic carbocycles. The van der Waals surface area contributed by atoms with E-state index >= 15 is 0 Å². The molecule has 3 rings (SSSR count). The number of thiophene rings is 1. The van der Waals surface area contributed by atoms with Gasteiger partial charge in [-0.05, 0) is 47.9 Å². The minimum Gasteiger partial charge on any atom is -0.325 e. The standard InChI is InChI=1S/C15H18N2OS/c18-15(10-16-12-3-1-2-4-12)17-13-5-6-14-11(9-13)7-8-19-14/h5-9,12,16H,1-4,10H2,(H,17,18). The van der Waals surface area contributed by atoms with Crippen LogP contribution in [0.5, 0.6) is 0 Å². The van der Waals surface area contributed by atoms with E-state index in [4.69, 9.17) is 0 Å². The van der Waals surface area contributed by atoms with Gasteiger partial charge in [0.15, 0.2) is 0 Å². The van der Waals surface area contributed by atoms with Gasteiger partial charge in [-0.2, -0.15) is 0 Å². The average molecular weight is 274 g/mol. The highest BCUT2D eigenvalue weighted by molar-refractivity contribution is 7.17. The van der Waals surface area contributed by atoms with Crippen LogP contribution in [0.4, 0.5) is 5.69 Å². The summed E-state index contributed by atoms with van der Waals surface area (Å²) in [6.07, 6.45) is 4.98. The van der Waals surface area contributed by atoms with E-state index in [0.717, 1.165) is 5.69 Å². The SMILES string of the molecule is O=C(CNC1CCCC1)Nc1ccc2sccc2c1. The summed E-state index contributed by atoms with van der Waals surface area (Å²) >= 11 is 1.72. The van der Waals surface area contributed by atoms with Gasteiger partial charge in [-0.3, -0.25) is 4.79 Å². The molecule has 1 aromatic carbocycles. The minimum atomic E-state index is 0.0430. The van der Waals surface area contributed by atoms with Crippen molar-refractivity contribution in [3.63, 3.8) is 0 Å². The van der Waals surface area contributed by atoms with E-state index in [2.05, 4.69) is 28.1 Å². The third-order valence-electron chi connectivity index (χ3n) is 3.64. The van der Waals surface area contributed by atoms with Crippen molar-refractivity contribution in [2.24, 2.45) is 0 Å². The lowest BCUT2D eigenvalue weighted by molar-refractivity contribution is -0.115. The van der Waals surface area contributed by atoms with E-state index in [-0.39, 0.29) is 5.91 Å². The van der Waals surface area contributed by atoms with Gasteiger partial charge in [-0.25, -0.2) is 0 Å². The highest BCUT2D eigenvalue weighted by Gasteiger charge is 2.15. The lowest BCUT2D eigenvalue weighted by Crippen LogP contribution is -2.34. The number of carbonyl (C=O) groups excluding carboxylic acids is 1. The largest absolute Gasteiger partial charge is 0.325 e. The van der Waals surface area contributed by atoms with Crippen molar-refractivity contribution in [1.29, 1.82) is 0 Å². The molecule has 1 fully saturated rings. The van der Waals surface area contributed by atoms with Gasteiger partial charge in [-0.1, -0.05) is 12.8 Å². The Hall–Kier alpha value is -1.39. The van der Waals surface area contributed by atoms with Crippen LogP contribution in [-0.4, -0.2) is 18.5 Å². The van der Waals surface area contributed by atoms with Crippen LogP contribution in [0, 0.1) is 0 Å². The maximum atomic E-state index is 11.9. The summed E-state index contributed by atoms with van der Waals surface area (Å²) in [5.41, 5.74) is 0.879.